The van der Waals surface area contributed by atoms with Crippen molar-refractivity contribution in [3.8, 4) is 0 Å². The van der Waals surface area contributed by atoms with E-state index in [4.69, 9.17) is 16.3 Å². The summed E-state index contributed by atoms with van der Waals surface area (Å²) in [6.07, 6.45) is 0. The second-order valence-corrected chi connectivity index (χ2v) is 9.37. The van der Waals surface area contributed by atoms with Gasteiger partial charge in [0.15, 0.2) is 0 Å². The van der Waals surface area contributed by atoms with Gasteiger partial charge in [-0.3, -0.25) is 4.79 Å². The van der Waals surface area contributed by atoms with Crippen molar-refractivity contribution in [2.75, 3.05) is 26.3 Å². The number of nitrogens with one attached hydrogen (secondary N) is 1. The van der Waals surface area contributed by atoms with Crippen molar-refractivity contribution in [1.29, 1.82) is 0 Å². The van der Waals surface area contributed by atoms with Gasteiger partial charge in [0.05, 0.1) is 28.7 Å². The van der Waals surface area contributed by atoms with Crippen LogP contribution >= 0.6 is 11.6 Å². The van der Waals surface area contributed by atoms with E-state index in [-0.39, 0.29) is 28.6 Å². The van der Waals surface area contributed by atoms with E-state index in [1.165, 1.54) is 22.5 Å². The van der Waals surface area contributed by atoms with Gasteiger partial charge < -0.3 is 10.1 Å². The molecule has 0 unspecified atom stereocenters. The molecule has 1 heterocycles. The topological polar surface area (TPSA) is 75.7 Å². The van der Waals surface area contributed by atoms with Crippen LogP contribution in [-0.4, -0.2) is 44.9 Å². The van der Waals surface area contributed by atoms with Gasteiger partial charge in [-0.2, -0.15) is 4.31 Å². The SMILES string of the molecule is O=C(NCc1ccc2ccccc2c1)c1cc(S(=O)(=O)N2CCOCC2)ccc1Cl. The number of hydrogen-bond acceptors (Lipinski definition) is 4. The summed E-state index contributed by atoms with van der Waals surface area (Å²) in [6, 6.07) is 18.1. The second-order valence-electron chi connectivity index (χ2n) is 7.02. The summed E-state index contributed by atoms with van der Waals surface area (Å²) in [6.45, 7) is 1.58. The van der Waals surface area contributed by atoms with Crippen LogP contribution in [0.15, 0.2) is 65.6 Å². The van der Waals surface area contributed by atoms with Crippen LogP contribution in [0, 0.1) is 0 Å². The summed E-state index contributed by atoms with van der Waals surface area (Å²) in [5.74, 6) is -0.424. The highest BCUT2D eigenvalue weighted by Gasteiger charge is 2.27. The molecule has 8 heteroatoms. The molecule has 0 bridgehead atoms. The van der Waals surface area contributed by atoms with Gasteiger partial charge in [0, 0.05) is 19.6 Å². The Morgan fingerprint density at radius 2 is 1.73 bits per heavy atom. The van der Waals surface area contributed by atoms with Crippen LogP contribution in [-0.2, 0) is 21.3 Å². The number of morpholine rings is 1. The lowest BCUT2D eigenvalue weighted by Crippen LogP contribution is -2.40. The van der Waals surface area contributed by atoms with Gasteiger partial charge in [-0.25, -0.2) is 8.42 Å². The number of nitrogens with zero attached hydrogens (tertiary/aromatic N) is 1. The van der Waals surface area contributed by atoms with Gasteiger partial charge in [-0.05, 0) is 40.6 Å². The number of hydrogen-bond donors (Lipinski definition) is 1. The molecule has 1 fully saturated rings. The Morgan fingerprint density at radius 3 is 2.50 bits per heavy atom. The van der Waals surface area contributed by atoms with Gasteiger partial charge in [0.25, 0.3) is 5.91 Å². The molecular weight excluding hydrogens is 424 g/mol. The Balaban J connectivity index is 1.52. The van der Waals surface area contributed by atoms with E-state index >= 15 is 0 Å². The zero-order valence-corrected chi connectivity index (χ0v) is 17.7. The molecule has 1 aliphatic rings. The molecule has 1 N–H and O–H groups in total. The van der Waals surface area contributed by atoms with Gasteiger partial charge in [0.2, 0.25) is 10.0 Å². The average Bonchev–Trinajstić information content (AvgIpc) is 2.78. The molecule has 156 valence electrons. The number of ether oxygens (including phenoxy) is 1. The number of carbonyl (C=O) groups is 1. The number of halogens is 1. The van der Waals surface area contributed by atoms with Crippen LogP contribution in [0.3, 0.4) is 0 Å². The maximum Gasteiger partial charge on any atom is 0.253 e. The molecule has 3 aromatic carbocycles. The Morgan fingerprint density at radius 1 is 1.00 bits per heavy atom. The summed E-state index contributed by atoms with van der Waals surface area (Å²) in [5, 5.41) is 5.23. The van der Waals surface area contributed by atoms with Crippen molar-refractivity contribution in [3.63, 3.8) is 0 Å². The Hall–Kier alpha value is -2.45. The van der Waals surface area contributed by atoms with E-state index in [1.54, 1.807) is 0 Å². The van der Waals surface area contributed by atoms with E-state index in [0.717, 1.165) is 16.3 Å². The highest BCUT2D eigenvalue weighted by Crippen LogP contribution is 2.24. The number of sulfonamides is 1. The van der Waals surface area contributed by atoms with Gasteiger partial charge >= 0.3 is 0 Å². The zero-order chi connectivity index (χ0) is 21.1. The molecule has 30 heavy (non-hydrogen) atoms. The maximum atomic E-state index is 12.9. The fourth-order valence-corrected chi connectivity index (χ4v) is 5.04. The fourth-order valence-electron chi connectivity index (χ4n) is 3.40. The quantitative estimate of drug-likeness (QED) is 0.654. The van der Waals surface area contributed by atoms with Crippen LogP contribution in [0.5, 0.6) is 0 Å². The molecule has 3 aromatic rings. The second kappa shape index (κ2) is 8.73. The minimum absolute atomic E-state index is 0.0460. The van der Waals surface area contributed by atoms with E-state index < -0.39 is 15.9 Å². The molecule has 4 rings (SSSR count). The van der Waals surface area contributed by atoms with Crippen molar-refractivity contribution in [1.82, 2.24) is 9.62 Å². The molecule has 0 aromatic heterocycles. The molecule has 1 amide bonds. The average molecular weight is 445 g/mol. The van der Waals surface area contributed by atoms with Crippen LogP contribution in [0.25, 0.3) is 10.8 Å². The lowest BCUT2D eigenvalue weighted by molar-refractivity contribution is 0.0730. The molecule has 0 radical (unpaired) electrons. The highest BCUT2D eigenvalue weighted by molar-refractivity contribution is 7.89. The van der Waals surface area contributed by atoms with E-state index in [0.29, 0.717) is 19.8 Å². The van der Waals surface area contributed by atoms with E-state index in [2.05, 4.69) is 5.32 Å². The Kier molecular flexibility index (Phi) is 6.06. The number of amides is 1. The summed E-state index contributed by atoms with van der Waals surface area (Å²) in [4.78, 5) is 12.8. The first kappa shape index (κ1) is 20.8. The molecule has 1 saturated heterocycles. The molecule has 0 spiro atoms. The van der Waals surface area contributed by atoms with Crippen LogP contribution in [0.4, 0.5) is 0 Å². The standard InChI is InChI=1S/C22H21ClN2O4S/c23-21-8-7-19(30(27,28)25-9-11-29-12-10-25)14-20(21)22(26)24-15-16-5-6-17-3-1-2-4-18(17)13-16/h1-8,13-14H,9-12,15H2,(H,24,26). The summed E-state index contributed by atoms with van der Waals surface area (Å²) in [7, 11) is -3.71. The zero-order valence-electron chi connectivity index (χ0n) is 16.2. The fraction of sp³-hybridized carbons (Fsp3) is 0.227. The third-order valence-corrected chi connectivity index (χ3v) is 7.28. The smallest absolute Gasteiger partial charge is 0.253 e. The summed E-state index contributed by atoms with van der Waals surface area (Å²) < 4.78 is 32.3. The third kappa shape index (κ3) is 4.34. The van der Waals surface area contributed by atoms with Crippen LogP contribution in [0.1, 0.15) is 15.9 Å². The first-order chi connectivity index (χ1) is 14.4. The highest BCUT2D eigenvalue weighted by atomic mass is 35.5. The summed E-state index contributed by atoms with van der Waals surface area (Å²) in [5.41, 5.74) is 1.07. The number of carbonyl (C=O) groups excluding carboxylic acids is 1. The normalized spacial score (nSPS) is 15.2. The molecule has 0 saturated carbocycles. The predicted octanol–water partition coefficient (Wildman–Crippen LogP) is 3.44. The maximum absolute atomic E-state index is 12.9. The Labute approximate surface area is 180 Å². The lowest BCUT2D eigenvalue weighted by atomic mass is 10.1. The third-order valence-electron chi connectivity index (χ3n) is 5.06. The largest absolute Gasteiger partial charge is 0.379 e. The van der Waals surface area contributed by atoms with Crippen molar-refractivity contribution in [3.05, 3.63) is 76.8 Å². The van der Waals surface area contributed by atoms with Gasteiger partial charge in [0.1, 0.15) is 0 Å². The van der Waals surface area contributed by atoms with Crippen molar-refractivity contribution in [2.45, 2.75) is 11.4 Å². The first-order valence-corrected chi connectivity index (χ1v) is 11.4. The van der Waals surface area contributed by atoms with Gasteiger partial charge in [-0.15, -0.1) is 0 Å². The monoisotopic (exact) mass is 444 g/mol. The Bertz CT molecular complexity index is 1190. The molecule has 0 aliphatic carbocycles. The number of benzene rings is 3. The van der Waals surface area contributed by atoms with Crippen LogP contribution in [0.2, 0.25) is 5.02 Å². The predicted molar refractivity (Wildman–Crippen MR) is 116 cm³/mol. The minimum atomic E-state index is -3.71. The van der Waals surface area contributed by atoms with Crippen LogP contribution < -0.4 is 5.32 Å². The minimum Gasteiger partial charge on any atom is -0.379 e. The molecular formula is C22H21ClN2O4S. The van der Waals surface area contributed by atoms with Gasteiger partial charge in [-0.1, -0.05) is 48.0 Å². The first-order valence-electron chi connectivity index (χ1n) is 9.58. The lowest BCUT2D eigenvalue weighted by Gasteiger charge is -2.26. The van der Waals surface area contributed by atoms with Crippen molar-refractivity contribution >= 4 is 38.3 Å². The molecule has 6 nitrogen and oxygen atoms in total. The molecule has 0 atom stereocenters. The number of rotatable bonds is 5. The van der Waals surface area contributed by atoms with E-state index in [9.17, 15) is 13.2 Å². The summed E-state index contributed by atoms with van der Waals surface area (Å²) >= 11 is 6.20. The van der Waals surface area contributed by atoms with E-state index in [1.807, 2.05) is 42.5 Å². The number of fused-ring (bicyclic) bond motifs is 1. The molecule has 1 aliphatic heterocycles. The van der Waals surface area contributed by atoms with Crippen molar-refractivity contribution < 1.29 is 17.9 Å². The van der Waals surface area contributed by atoms with Crippen molar-refractivity contribution in [2.24, 2.45) is 0 Å².